The van der Waals surface area contributed by atoms with Crippen LogP contribution in [-0.4, -0.2) is 35.6 Å². The van der Waals surface area contributed by atoms with Gasteiger partial charge in [0.05, 0.1) is 22.0 Å². The number of nitro benzene ring substituents is 2. The maximum absolute atomic E-state index is 11.6. The predicted octanol–water partition coefficient (Wildman–Crippen LogP) is 1.31. The number of rotatable bonds is 7. The number of ether oxygens (including phenoxy) is 2. The fourth-order valence-electron chi connectivity index (χ4n) is 1.36. The van der Waals surface area contributed by atoms with Gasteiger partial charge in [-0.3, -0.25) is 20.2 Å². The number of nitrogens with zero attached hydrogens (tertiary/aromatic N) is 2. The number of carbonyl (C=O) groups excluding carboxylic acids is 1. The van der Waals surface area contributed by atoms with E-state index in [2.05, 4.69) is 5.92 Å². The highest BCUT2D eigenvalue weighted by atomic mass is 16.6. The van der Waals surface area contributed by atoms with Crippen molar-refractivity contribution in [2.45, 2.75) is 0 Å². The minimum Gasteiger partial charge on any atom is -0.460 e. The Hall–Kier alpha value is -2.99. The van der Waals surface area contributed by atoms with E-state index in [1.807, 2.05) is 0 Å². The lowest BCUT2D eigenvalue weighted by Gasteiger charge is -2.04. The number of terminal acetylenes is 1. The molecule has 9 nitrogen and oxygen atoms in total. The molecule has 9 heteroatoms. The molecule has 0 saturated carbocycles. The van der Waals surface area contributed by atoms with Gasteiger partial charge in [-0.05, 0) is 6.07 Å². The summed E-state index contributed by atoms with van der Waals surface area (Å²) >= 11 is 0. The Kier molecular flexibility index (Phi) is 5.79. The van der Waals surface area contributed by atoms with Crippen LogP contribution in [-0.2, 0) is 9.47 Å². The molecule has 0 saturated heterocycles. The minimum absolute atomic E-state index is 0.0700. The number of carbonyl (C=O) groups is 1. The van der Waals surface area contributed by atoms with Gasteiger partial charge in [-0.25, -0.2) is 4.79 Å². The van der Waals surface area contributed by atoms with Crippen LogP contribution in [0.25, 0.3) is 0 Å². The first kappa shape index (κ1) is 16.1. The van der Waals surface area contributed by atoms with Crippen molar-refractivity contribution >= 4 is 17.3 Å². The van der Waals surface area contributed by atoms with E-state index in [4.69, 9.17) is 15.9 Å². The number of benzene rings is 1. The lowest BCUT2D eigenvalue weighted by Crippen LogP contribution is -2.11. The number of hydrogen-bond donors (Lipinski definition) is 0. The van der Waals surface area contributed by atoms with Gasteiger partial charge in [0.2, 0.25) is 0 Å². The summed E-state index contributed by atoms with van der Waals surface area (Å²) in [7, 11) is 0. The van der Waals surface area contributed by atoms with Crippen LogP contribution in [0.1, 0.15) is 10.4 Å². The molecule has 0 aromatic heterocycles. The van der Waals surface area contributed by atoms with Gasteiger partial charge in [0.15, 0.2) is 0 Å². The van der Waals surface area contributed by atoms with Crippen molar-refractivity contribution in [2.75, 3.05) is 19.8 Å². The second kappa shape index (κ2) is 7.56. The van der Waals surface area contributed by atoms with Crippen molar-refractivity contribution in [3.63, 3.8) is 0 Å². The summed E-state index contributed by atoms with van der Waals surface area (Å²) in [6.45, 7) is 0.0524. The Morgan fingerprint density at radius 2 is 1.86 bits per heavy atom. The van der Waals surface area contributed by atoms with Gasteiger partial charge in [-0.2, -0.15) is 0 Å². The van der Waals surface area contributed by atoms with E-state index in [-0.39, 0.29) is 25.4 Å². The van der Waals surface area contributed by atoms with Crippen LogP contribution in [0.5, 0.6) is 0 Å². The molecule has 0 N–H and O–H groups in total. The maximum Gasteiger partial charge on any atom is 0.346 e. The molecule has 0 aliphatic heterocycles. The molecule has 1 aromatic rings. The Bertz CT molecular complexity index is 606. The lowest BCUT2D eigenvalue weighted by atomic mass is 10.2. The van der Waals surface area contributed by atoms with Gasteiger partial charge in [-0.1, -0.05) is 5.92 Å². The van der Waals surface area contributed by atoms with Gasteiger partial charge < -0.3 is 9.47 Å². The summed E-state index contributed by atoms with van der Waals surface area (Å²) in [5, 5.41) is 21.4. The average molecular weight is 294 g/mol. The van der Waals surface area contributed by atoms with Crippen molar-refractivity contribution < 1.29 is 24.1 Å². The first-order valence-corrected chi connectivity index (χ1v) is 5.58. The fraction of sp³-hybridized carbons (Fsp3) is 0.250. The summed E-state index contributed by atoms with van der Waals surface area (Å²) in [6, 6.07) is 2.75. The number of esters is 1. The third-order valence-electron chi connectivity index (χ3n) is 2.25. The van der Waals surface area contributed by atoms with Crippen LogP contribution in [0.4, 0.5) is 11.4 Å². The summed E-state index contributed by atoms with van der Waals surface area (Å²) < 4.78 is 9.66. The van der Waals surface area contributed by atoms with E-state index < -0.39 is 27.2 Å². The van der Waals surface area contributed by atoms with Gasteiger partial charge in [-0.15, -0.1) is 6.42 Å². The smallest absolute Gasteiger partial charge is 0.346 e. The number of nitro groups is 2. The van der Waals surface area contributed by atoms with Gasteiger partial charge in [0.25, 0.3) is 0 Å². The Morgan fingerprint density at radius 1 is 1.19 bits per heavy atom. The molecule has 0 spiro atoms. The summed E-state index contributed by atoms with van der Waals surface area (Å²) in [6.07, 6.45) is 4.94. The molecule has 0 aliphatic carbocycles. The topological polar surface area (TPSA) is 122 Å². The van der Waals surface area contributed by atoms with E-state index in [0.717, 1.165) is 18.2 Å². The van der Waals surface area contributed by atoms with Crippen molar-refractivity contribution in [3.05, 3.63) is 44.0 Å². The largest absolute Gasteiger partial charge is 0.460 e. The molecular formula is C12H10N2O7. The highest BCUT2D eigenvalue weighted by molar-refractivity contribution is 5.90. The lowest BCUT2D eigenvalue weighted by molar-refractivity contribution is -0.422. The SMILES string of the molecule is C#CCOCCOC(=O)c1ccc([N+](=O)[O-])c([N+](=O)[O-])c1. The van der Waals surface area contributed by atoms with E-state index in [0.29, 0.717) is 0 Å². The Morgan fingerprint density at radius 3 is 2.43 bits per heavy atom. The second-order valence-electron chi connectivity index (χ2n) is 3.61. The summed E-state index contributed by atoms with van der Waals surface area (Å²) in [4.78, 5) is 31.2. The molecule has 110 valence electrons. The van der Waals surface area contributed by atoms with Gasteiger partial charge in [0.1, 0.15) is 13.2 Å². The third-order valence-corrected chi connectivity index (χ3v) is 2.25. The van der Waals surface area contributed by atoms with E-state index in [9.17, 15) is 25.0 Å². The van der Waals surface area contributed by atoms with Crippen molar-refractivity contribution in [2.24, 2.45) is 0 Å². The first-order valence-electron chi connectivity index (χ1n) is 5.58. The van der Waals surface area contributed by atoms with Crippen LogP contribution in [0, 0.1) is 32.6 Å². The van der Waals surface area contributed by atoms with Crippen molar-refractivity contribution in [3.8, 4) is 12.3 Å². The van der Waals surface area contributed by atoms with E-state index in [1.54, 1.807) is 0 Å². The van der Waals surface area contributed by atoms with Crippen molar-refractivity contribution in [1.29, 1.82) is 0 Å². The monoisotopic (exact) mass is 294 g/mol. The molecule has 0 heterocycles. The van der Waals surface area contributed by atoms with Gasteiger partial charge >= 0.3 is 17.3 Å². The molecular weight excluding hydrogens is 284 g/mol. The van der Waals surface area contributed by atoms with Crippen LogP contribution < -0.4 is 0 Å². The van der Waals surface area contributed by atoms with E-state index >= 15 is 0 Å². The Labute approximate surface area is 118 Å². The molecule has 0 fully saturated rings. The maximum atomic E-state index is 11.6. The zero-order chi connectivity index (χ0) is 15.8. The van der Waals surface area contributed by atoms with Gasteiger partial charge in [0, 0.05) is 12.1 Å². The standard InChI is InChI=1S/C12H10N2O7/c1-2-5-20-6-7-21-12(15)9-3-4-10(13(16)17)11(8-9)14(18)19/h1,3-4,8H,5-7H2. The minimum atomic E-state index is -0.940. The molecule has 1 aromatic carbocycles. The number of hydrogen-bond acceptors (Lipinski definition) is 7. The first-order chi connectivity index (χ1) is 9.97. The van der Waals surface area contributed by atoms with Crippen LogP contribution in [0.3, 0.4) is 0 Å². The second-order valence-corrected chi connectivity index (χ2v) is 3.61. The molecule has 0 radical (unpaired) electrons. The van der Waals surface area contributed by atoms with Crippen LogP contribution in [0.15, 0.2) is 18.2 Å². The molecule has 0 atom stereocenters. The molecule has 0 aliphatic rings. The quantitative estimate of drug-likeness (QED) is 0.244. The van der Waals surface area contributed by atoms with E-state index in [1.165, 1.54) is 0 Å². The molecule has 21 heavy (non-hydrogen) atoms. The molecule has 0 unspecified atom stereocenters. The Balaban J connectivity index is 2.77. The van der Waals surface area contributed by atoms with Crippen molar-refractivity contribution in [1.82, 2.24) is 0 Å². The highest BCUT2D eigenvalue weighted by Crippen LogP contribution is 2.27. The van der Waals surface area contributed by atoms with Crippen LogP contribution in [0.2, 0.25) is 0 Å². The average Bonchev–Trinajstić information content (AvgIpc) is 2.46. The summed E-state index contributed by atoms with van der Waals surface area (Å²) in [5.74, 6) is 1.37. The van der Waals surface area contributed by atoms with Crippen LogP contribution >= 0.6 is 0 Å². The molecule has 0 bridgehead atoms. The predicted molar refractivity (Wildman–Crippen MR) is 69.7 cm³/mol. The normalized spacial score (nSPS) is 9.67. The molecule has 0 amide bonds. The third kappa shape index (κ3) is 4.55. The highest BCUT2D eigenvalue weighted by Gasteiger charge is 2.26. The summed E-state index contributed by atoms with van der Waals surface area (Å²) in [5.41, 5.74) is -1.64. The molecule has 1 rings (SSSR count). The zero-order valence-electron chi connectivity index (χ0n) is 10.7. The fourth-order valence-corrected chi connectivity index (χ4v) is 1.36. The zero-order valence-corrected chi connectivity index (χ0v) is 10.7.